The number of hydrogen-bond donors (Lipinski definition) is 1. The maximum Gasteiger partial charge on any atom is 0.265 e. The fourth-order valence-corrected chi connectivity index (χ4v) is 3.23. The Balaban J connectivity index is 2.17. The first-order chi connectivity index (χ1) is 9.59. The Kier molecular flexibility index (Phi) is 4.81. The second-order valence-corrected chi connectivity index (χ2v) is 6.07. The molecule has 5 heteroatoms. The molecule has 20 heavy (non-hydrogen) atoms. The van der Waals surface area contributed by atoms with Crippen LogP contribution < -0.4 is 5.73 Å². The first kappa shape index (κ1) is 15.0. The highest BCUT2D eigenvalue weighted by molar-refractivity contribution is 7.12. The number of hydrogen-bond acceptors (Lipinski definition) is 4. The molecule has 4 nitrogen and oxygen atoms in total. The van der Waals surface area contributed by atoms with Crippen LogP contribution in [-0.2, 0) is 4.74 Å². The number of rotatable bonds is 2. The van der Waals surface area contributed by atoms with E-state index >= 15 is 0 Å². The van der Waals surface area contributed by atoms with Crippen molar-refractivity contribution in [1.82, 2.24) is 4.90 Å². The zero-order chi connectivity index (χ0) is 14.6. The first-order valence-electron chi connectivity index (χ1n) is 6.70. The molecule has 1 fully saturated rings. The highest BCUT2D eigenvalue weighted by Gasteiger charge is 2.34. The maximum absolute atomic E-state index is 12.6. The summed E-state index contributed by atoms with van der Waals surface area (Å²) in [5.74, 6) is 5.82. The Morgan fingerprint density at radius 3 is 3.15 bits per heavy atom. The Morgan fingerprint density at radius 1 is 1.65 bits per heavy atom. The predicted molar refractivity (Wildman–Crippen MR) is 80.8 cm³/mol. The molecule has 2 rings (SSSR count). The fraction of sp³-hybridized carbons (Fsp3) is 0.533. The molecule has 1 aromatic rings. The number of amides is 1. The van der Waals surface area contributed by atoms with Crippen LogP contribution in [0.2, 0.25) is 0 Å². The minimum absolute atomic E-state index is 0.0456. The van der Waals surface area contributed by atoms with Gasteiger partial charge in [0.1, 0.15) is 4.88 Å². The number of likely N-dealkylation sites (tertiary alicyclic amines) is 1. The molecule has 108 valence electrons. The molecule has 0 saturated carbocycles. The molecule has 2 heterocycles. The van der Waals surface area contributed by atoms with E-state index in [4.69, 9.17) is 10.5 Å². The second kappa shape index (κ2) is 6.40. The van der Waals surface area contributed by atoms with Gasteiger partial charge in [0.15, 0.2) is 0 Å². The summed E-state index contributed by atoms with van der Waals surface area (Å²) >= 11 is 1.43. The highest BCUT2D eigenvalue weighted by Crippen LogP contribution is 2.27. The van der Waals surface area contributed by atoms with E-state index < -0.39 is 0 Å². The summed E-state index contributed by atoms with van der Waals surface area (Å²) in [7, 11) is 1.71. The second-order valence-electron chi connectivity index (χ2n) is 5.15. The van der Waals surface area contributed by atoms with Gasteiger partial charge in [-0.25, -0.2) is 0 Å². The van der Waals surface area contributed by atoms with Gasteiger partial charge in [-0.15, -0.1) is 11.3 Å². The Bertz CT molecular complexity index is 544. The number of piperidine rings is 1. The maximum atomic E-state index is 12.6. The van der Waals surface area contributed by atoms with Crippen LogP contribution in [0.4, 0.5) is 0 Å². The highest BCUT2D eigenvalue weighted by atomic mass is 32.1. The van der Waals surface area contributed by atoms with Crippen molar-refractivity contribution < 1.29 is 9.53 Å². The van der Waals surface area contributed by atoms with Crippen LogP contribution in [-0.4, -0.2) is 43.2 Å². The van der Waals surface area contributed by atoms with Gasteiger partial charge in [-0.05, 0) is 31.2 Å². The van der Waals surface area contributed by atoms with E-state index in [1.807, 2.05) is 16.3 Å². The van der Waals surface area contributed by atoms with Crippen LogP contribution in [0.5, 0.6) is 0 Å². The van der Waals surface area contributed by atoms with Crippen LogP contribution >= 0.6 is 11.3 Å². The summed E-state index contributed by atoms with van der Waals surface area (Å²) in [5, 5.41) is 1.90. The molecule has 1 unspecified atom stereocenters. The van der Waals surface area contributed by atoms with E-state index in [2.05, 4.69) is 18.8 Å². The van der Waals surface area contributed by atoms with Crippen LogP contribution in [0.1, 0.15) is 35.0 Å². The Morgan fingerprint density at radius 2 is 2.45 bits per heavy atom. The molecule has 1 atom stereocenters. The van der Waals surface area contributed by atoms with E-state index in [9.17, 15) is 4.79 Å². The number of nitrogens with two attached hydrogens (primary N) is 1. The van der Waals surface area contributed by atoms with Gasteiger partial charge in [-0.2, -0.15) is 0 Å². The number of thiophene rings is 1. The standard InChI is InChI=1S/C15H20N2O2S/c1-15(19-2)7-4-9-17(11-15)14(18)13-12(5-3-8-16)6-10-20-13/h6,10H,4,7-9,11,16H2,1-2H3. The van der Waals surface area contributed by atoms with Gasteiger partial charge in [-0.1, -0.05) is 11.8 Å². The minimum Gasteiger partial charge on any atom is -0.377 e. The van der Waals surface area contributed by atoms with Crippen LogP contribution in [0.25, 0.3) is 0 Å². The lowest BCUT2D eigenvalue weighted by molar-refractivity contribution is -0.0439. The van der Waals surface area contributed by atoms with E-state index in [0.717, 1.165) is 24.9 Å². The van der Waals surface area contributed by atoms with Crippen molar-refractivity contribution in [3.63, 3.8) is 0 Å². The molecular formula is C15H20N2O2S. The van der Waals surface area contributed by atoms with Crippen molar-refractivity contribution in [2.45, 2.75) is 25.4 Å². The van der Waals surface area contributed by atoms with Gasteiger partial charge < -0.3 is 15.4 Å². The molecule has 1 aliphatic heterocycles. The molecule has 0 spiro atoms. The third-order valence-electron chi connectivity index (χ3n) is 3.62. The monoisotopic (exact) mass is 292 g/mol. The van der Waals surface area contributed by atoms with Crippen LogP contribution in [0.3, 0.4) is 0 Å². The lowest BCUT2D eigenvalue weighted by Crippen LogP contribution is -2.49. The molecule has 1 aromatic heterocycles. The third kappa shape index (κ3) is 3.21. The Labute approximate surface area is 123 Å². The number of ether oxygens (including phenoxy) is 1. The summed E-state index contributed by atoms with van der Waals surface area (Å²) in [5.41, 5.74) is 5.92. The SMILES string of the molecule is COC1(C)CCCN(C(=O)c2sccc2C#CCN)C1. The van der Waals surface area contributed by atoms with Gasteiger partial charge in [-0.3, -0.25) is 4.79 Å². The van der Waals surface area contributed by atoms with Gasteiger partial charge in [0.2, 0.25) is 0 Å². The first-order valence-corrected chi connectivity index (χ1v) is 7.58. The fourth-order valence-electron chi connectivity index (χ4n) is 2.41. The Hall–Kier alpha value is -1.35. The number of nitrogens with zero attached hydrogens (tertiary/aromatic N) is 1. The minimum atomic E-state index is -0.242. The molecule has 0 bridgehead atoms. The van der Waals surface area contributed by atoms with Crippen LogP contribution in [0.15, 0.2) is 11.4 Å². The van der Waals surface area contributed by atoms with Crippen molar-refractivity contribution in [2.75, 3.05) is 26.7 Å². The van der Waals surface area contributed by atoms with E-state index in [1.165, 1.54) is 11.3 Å². The van der Waals surface area contributed by atoms with E-state index in [1.54, 1.807) is 7.11 Å². The van der Waals surface area contributed by atoms with Gasteiger partial charge in [0.05, 0.1) is 12.1 Å². The van der Waals surface area contributed by atoms with E-state index in [0.29, 0.717) is 18.0 Å². The molecule has 1 aliphatic rings. The molecular weight excluding hydrogens is 272 g/mol. The average molecular weight is 292 g/mol. The molecule has 0 radical (unpaired) electrons. The summed E-state index contributed by atoms with van der Waals surface area (Å²) < 4.78 is 5.54. The lowest BCUT2D eigenvalue weighted by atomic mass is 9.94. The van der Waals surface area contributed by atoms with Crippen molar-refractivity contribution in [2.24, 2.45) is 5.73 Å². The number of carbonyl (C=O) groups is 1. The smallest absolute Gasteiger partial charge is 0.265 e. The average Bonchev–Trinajstić information content (AvgIpc) is 2.92. The normalized spacial score (nSPS) is 22.2. The predicted octanol–water partition coefficient (Wildman–Crippen LogP) is 1.70. The van der Waals surface area contributed by atoms with Crippen molar-refractivity contribution in [3.05, 3.63) is 21.9 Å². The van der Waals surface area contributed by atoms with Crippen LogP contribution in [0, 0.1) is 11.8 Å². The van der Waals surface area contributed by atoms with Crippen molar-refractivity contribution in [3.8, 4) is 11.8 Å². The zero-order valence-corrected chi connectivity index (χ0v) is 12.8. The molecule has 0 aromatic carbocycles. The van der Waals surface area contributed by atoms with Crippen molar-refractivity contribution in [1.29, 1.82) is 0 Å². The number of carbonyl (C=O) groups excluding carboxylic acids is 1. The summed E-state index contributed by atoms with van der Waals surface area (Å²) in [6, 6.07) is 1.88. The largest absolute Gasteiger partial charge is 0.377 e. The third-order valence-corrected chi connectivity index (χ3v) is 4.53. The quantitative estimate of drug-likeness (QED) is 0.844. The lowest BCUT2D eigenvalue weighted by Gasteiger charge is -2.39. The van der Waals surface area contributed by atoms with E-state index in [-0.39, 0.29) is 11.5 Å². The number of methoxy groups -OCH3 is 1. The van der Waals surface area contributed by atoms with Gasteiger partial charge in [0.25, 0.3) is 5.91 Å². The molecule has 1 amide bonds. The summed E-state index contributed by atoms with van der Waals surface area (Å²) in [6.45, 7) is 3.76. The topological polar surface area (TPSA) is 55.6 Å². The molecule has 2 N–H and O–H groups in total. The molecule has 1 saturated heterocycles. The summed E-state index contributed by atoms with van der Waals surface area (Å²) in [4.78, 5) is 15.2. The molecule has 0 aliphatic carbocycles. The summed E-state index contributed by atoms with van der Waals surface area (Å²) in [6.07, 6.45) is 1.95. The zero-order valence-electron chi connectivity index (χ0n) is 11.9. The van der Waals surface area contributed by atoms with Crippen molar-refractivity contribution >= 4 is 17.2 Å². The van der Waals surface area contributed by atoms with Gasteiger partial charge in [0, 0.05) is 25.8 Å². The van der Waals surface area contributed by atoms with Gasteiger partial charge >= 0.3 is 0 Å².